The number of hydrogen-bond acceptors (Lipinski definition) is 5. The van der Waals surface area contributed by atoms with E-state index in [9.17, 15) is 14.4 Å². The number of carbonyl (C=O) groups is 3. The quantitative estimate of drug-likeness (QED) is 0.323. The van der Waals surface area contributed by atoms with Crippen molar-refractivity contribution >= 4 is 18.0 Å². The number of unbranched alkanes of at least 4 members (excludes halogenated alkanes) is 2. The first-order valence-corrected chi connectivity index (χ1v) is 9.52. The van der Waals surface area contributed by atoms with Crippen LogP contribution >= 0.6 is 0 Å². The average Bonchev–Trinajstić information content (AvgIpc) is 2.52. The molecule has 0 aromatic rings. The Morgan fingerprint density at radius 2 is 1.74 bits per heavy atom. The van der Waals surface area contributed by atoms with Gasteiger partial charge in [-0.2, -0.15) is 0 Å². The summed E-state index contributed by atoms with van der Waals surface area (Å²) in [6.45, 7) is 14.4. The minimum absolute atomic E-state index is 0.313. The largest absolute Gasteiger partial charge is 0.464 e. The lowest BCUT2D eigenvalue weighted by Crippen LogP contribution is -2.57. The summed E-state index contributed by atoms with van der Waals surface area (Å²) in [7, 11) is 0. The van der Waals surface area contributed by atoms with Crippen molar-refractivity contribution in [3.8, 4) is 0 Å². The second-order valence-electron chi connectivity index (χ2n) is 8.02. The van der Waals surface area contributed by atoms with Gasteiger partial charge in [0.05, 0.1) is 6.61 Å². The molecule has 0 saturated carbocycles. The molecule has 0 radical (unpaired) electrons. The summed E-state index contributed by atoms with van der Waals surface area (Å²) in [5, 5.41) is 5.26. The molecule has 7 nitrogen and oxygen atoms in total. The van der Waals surface area contributed by atoms with Gasteiger partial charge in [0, 0.05) is 0 Å². The summed E-state index contributed by atoms with van der Waals surface area (Å²) >= 11 is 0. The SMILES string of the molecule is C=CCCC[C@H](NC(=O)OC(C)(C)C)C(=O)NC(C)(C)C(=O)OCCCC. The van der Waals surface area contributed by atoms with Crippen molar-refractivity contribution in [2.75, 3.05) is 6.61 Å². The lowest BCUT2D eigenvalue weighted by Gasteiger charge is -2.28. The Balaban J connectivity index is 4.96. The highest BCUT2D eigenvalue weighted by Gasteiger charge is 2.34. The van der Waals surface area contributed by atoms with Crippen LogP contribution in [-0.4, -0.2) is 41.8 Å². The van der Waals surface area contributed by atoms with E-state index in [1.165, 1.54) is 0 Å². The van der Waals surface area contributed by atoms with Crippen molar-refractivity contribution in [3.63, 3.8) is 0 Å². The monoisotopic (exact) mass is 384 g/mol. The molecule has 0 aromatic carbocycles. The third kappa shape index (κ3) is 11.3. The number of ether oxygens (including phenoxy) is 2. The van der Waals surface area contributed by atoms with E-state index in [2.05, 4.69) is 17.2 Å². The van der Waals surface area contributed by atoms with Crippen LogP contribution in [0.1, 0.15) is 73.6 Å². The van der Waals surface area contributed by atoms with Gasteiger partial charge in [0.1, 0.15) is 17.2 Å². The van der Waals surface area contributed by atoms with Crippen LogP contribution < -0.4 is 10.6 Å². The van der Waals surface area contributed by atoms with Gasteiger partial charge in [0.2, 0.25) is 5.91 Å². The smallest absolute Gasteiger partial charge is 0.408 e. The van der Waals surface area contributed by atoms with Crippen LogP contribution in [0.4, 0.5) is 4.79 Å². The molecule has 0 bridgehead atoms. The zero-order chi connectivity index (χ0) is 21.1. The summed E-state index contributed by atoms with van der Waals surface area (Å²) < 4.78 is 10.4. The fourth-order valence-corrected chi connectivity index (χ4v) is 2.12. The Kier molecular flexibility index (Phi) is 10.7. The molecule has 2 amide bonds. The maximum atomic E-state index is 12.7. The topological polar surface area (TPSA) is 93.7 Å². The molecule has 1 atom stereocenters. The molecular weight excluding hydrogens is 348 g/mol. The third-order valence-electron chi connectivity index (χ3n) is 3.59. The van der Waals surface area contributed by atoms with Crippen molar-refractivity contribution in [1.82, 2.24) is 10.6 Å². The molecule has 156 valence electrons. The van der Waals surface area contributed by atoms with E-state index in [0.29, 0.717) is 25.9 Å². The summed E-state index contributed by atoms with van der Waals surface area (Å²) in [6.07, 6.45) is 4.52. The minimum Gasteiger partial charge on any atom is -0.464 e. The Labute approximate surface area is 163 Å². The van der Waals surface area contributed by atoms with Crippen LogP contribution in [-0.2, 0) is 19.1 Å². The second kappa shape index (κ2) is 11.6. The Bertz CT molecular complexity index is 509. The Hall–Kier alpha value is -2.05. The summed E-state index contributed by atoms with van der Waals surface area (Å²) in [6, 6.07) is -0.817. The maximum absolute atomic E-state index is 12.7. The first kappa shape index (κ1) is 24.9. The van der Waals surface area contributed by atoms with E-state index < -0.39 is 35.2 Å². The van der Waals surface area contributed by atoms with Crippen LogP contribution in [0, 0.1) is 0 Å². The average molecular weight is 385 g/mol. The van der Waals surface area contributed by atoms with E-state index in [0.717, 1.165) is 12.8 Å². The highest BCUT2D eigenvalue weighted by atomic mass is 16.6. The first-order valence-electron chi connectivity index (χ1n) is 9.52. The Morgan fingerprint density at radius 1 is 1.11 bits per heavy atom. The van der Waals surface area contributed by atoms with Gasteiger partial charge >= 0.3 is 12.1 Å². The molecule has 0 saturated heterocycles. The van der Waals surface area contributed by atoms with Gasteiger partial charge in [0.25, 0.3) is 0 Å². The highest BCUT2D eigenvalue weighted by molar-refractivity contribution is 5.91. The third-order valence-corrected chi connectivity index (χ3v) is 3.59. The lowest BCUT2D eigenvalue weighted by atomic mass is 10.0. The molecule has 0 aliphatic rings. The molecule has 0 rings (SSSR count). The molecule has 0 aromatic heterocycles. The van der Waals surface area contributed by atoms with Crippen molar-refractivity contribution < 1.29 is 23.9 Å². The van der Waals surface area contributed by atoms with E-state index >= 15 is 0 Å². The van der Waals surface area contributed by atoms with E-state index in [1.54, 1.807) is 40.7 Å². The predicted molar refractivity (Wildman–Crippen MR) is 105 cm³/mol. The zero-order valence-corrected chi connectivity index (χ0v) is 17.6. The molecule has 0 aliphatic carbocycles. The molecule has 27 heavy (non-hydrogen) atoms. The number of nitrogens with one attached hydrogen (secondary N) is 2. The molecule has 0 heterocycles. The molecule has 0 spiro atoms. The summed E-state index contributed by atoms with van der Waals surface area (Å²) in [4.78, 5) is 36.9. The molecule has 2 N–H and O–H groups in total. The molecule has 7 heteroatoms. The van der Waals surface area contributed by atoms with Crippen molar-refractivity contribution in [3.05, 3.63) is 12.7 Å². The van der Waals surface area contributed by atoms with Gasteiger partial charge in [-0.05, 0) is 60.3 Å². The molecule has 0 aliphatic heterocycles. The predicted octanol–water partition coefficient (Wildman–Crippen LogP) is 3.47. The standard InChI is InChI=1S/C20H36N2O5/c1-8-10-12-13-15(21-18(25)27-19(3,4)5)16(23)22-20(6,7)17(24)26-14-11-9-2/h8,15H,1,9-14H2,2-7H3,(H,21,25)(H,22,23)/t15-/m0/s1. The van der Waals surface area contributed by atoms with E-state index in [1.807, 2.05) is 6.92 Å². The number of hydrogen-bond donors (Lipinski definition) is 2. The van der Waals surface area contributed by atoms with E-state index in [4.69, 9.17) is 9.47 Å². The fraction of sp³-hybridized carbons (Fsp3) is 0.750. The van der Waals surface area contributed by atoms with Gasteiger partial charge < -0.3 is 20.1 Å². The van der Waals surface area contributed by atoms with Crippen molar-refractivity contribution in [1.29, 1.82) is 0 Å². The molecular formula is C20H36N2O5. The van der Waals surface area contributed by atoms with E-state index in [-0.39, 0.29) is 0 Å². The van der Waals surface area contributed by atoms with Crippen LogP contribution in [0.25, 0.3) is 0 Å². The number of allylic oxidation sites excluding steroid dienone is 1. The van der Waals surface area contributed by atoms with Crippen LogP contribution in [0.2, 0.25) is 0 Å². The maximum Gasteiger partial charge on any atom is 0.408 e. The van der Waals surface area contributed by atoms with Crippen LogP contribution in [0.3, 0.4) is 0 Å². The summed E-state index contributed by atoms with van der Waals surface area (Å²) in [5.41, 5.74) is -1.87. The van der Waals surface area contributed by atoms with Crippen LogP contribution in [0.5, 0.6) is 0 Å². The van der Waals surface area contributed by atoms with Crippen LogP contribution in [0.15, 0.2) is 12.7 Å². The second-order valence-corrected chi connectivity index (χ2v) is 8.02. The van der Waals surface area contributed by atoms with Crippen molar-refractivity contribution in [2.45, 2.75) is 90.8 Å². The van der Waals surface area contributed by atoms with Crippen molar-refractivity contribution in [2.24, 2.45) is 0 Å². The first-order chi connectivity index (χ1) is 12.4. The number of alkyl carbamates (subject to hydrolysis) is 1. The molecule has 0 fully saturated rings. The lowest BCUT2D eigenvalue weighted by molar-refractivity contribution is -0.152. The fourth-order valence-electron chi connectivity index (χ4n) is 2.12. The summed E-state index contributed by atoms with van der Waals surface area (Å²) in [5.74, 6) is -0.964. The normalized spacial score (nSPS) is 12.7. The number of esters is 1. The number of rotatable bonds is 11. The van der Waals surface area contributed by atoms with Gasteiger partial charge in [-0.25, -0.2) is 9.59 Å². The molecule has 0 unspecified atom stereocenters. The minimum atomic E-state index is -1.20. The van der Waals surface area contributed by atoms with Gasteiger partial charge in [-0.1, -0.05) is 19.4 Å². The van der Waals surface area contributed by atoms with Gasteiger partial charge in [-0.15, -0.1) is 6.58 Å². The highest BCUT2D eigenvalue weighted by Crippen LogP contribution is 2.11. The Morgan fingerprint density at radius 3 is 2.26 bits per heavy atom. The van der Waals surface area contributed by atoms with Gasteiger partial charge in [0.15, 0.2) is 0 Å². The zero-order valence-electron chi connectivity index (χ0n) is 17.6. The van der Waals surface area contributed by atoms with Gasteiger partial charge in [-0.3, -0.25) is 4.79 Å². The number of amides is 2. The number of carbonyl (C=O) groups excluding carboxylic acids is 3.